The van der Waals surface area contributed by atoms with E-state index in [0.717, 1.165) is 0 Å². The molecule has 0 fully saturated rings. The van der Waals surface area contributed by atoms with Crippen LogP contribution in [0, 0.1) is 10.1 Å². The molecule has 2 aromatic rings. The van der Waals surface area contributed by atoms with Crippen LogP contribution in [0.2, 0.25) is 0 Å². The Bertz CT molecular complexity index is 606. The minimum Gasteiger partial charge on any atom is -0.465 e. The van der Waals surface area contributed by atoms with Crippen LogP contribution in [0.1, 0.15) is 10.4 Å². The van der Waals surface area contributed by atoms with Gasteiger partial charge in [0.1, 0.15) is 0 Å². The number of nitro benzene ring substituents is 1. The zero-order valence-corrected chi connectivity index (χ0v) is 10.3. The molecular formula is C12H9NO4S. The number of hydrogen-bond donors (Lipinski definition) is 0. The van der Waals surface area contributed by atoms with Crippen molar-refractivity contribution in [3.8, 4) is 11.1 Å². The summed E-state index contributed by atoms with van der Waals surface area (Å²) < 4.78 is 4.65. The predicted molar refractivity (Wildman–Crippen MR) is 67.7 cm³/mol. The van der Waals surface area contributed by atoms with Crippen molar-refractivity contribution in [3.05, 3.63) is 50.7 Å². The maximum Gasteiger partial charge on any atom is 0.339 e. The number of nitrogens with zero attached hydrogens (tertiary/aromatic N) is 1. The zero-order chi connectivity index (χ0) is 13.1. The van der Waals surface area contributed by atoms with Gasteiger partial charge in [-0.05, 0) is 11.4 Å². The average molecular weight is 263 g/mol. The fourth-order valence-electron chi connectivity index (χ4n) is 1.63. The highest BCUT2D eigenvalue weighted by atomic mass is 32.1. The van der Waals surface area contributed by atoms with Crippen LogP contribution in [-0.4, -0.2) is 18.0 Å². The summed E-state index contributed by atoms with van der Waals surface area (Å²) in [6, 6.07) is 6.31. The van der Waals surface area contributed by atoms with Crippen LogP contribution in [0.3, 0.4) is 0 Å². The summed E-state index contributed by atoms with van der Waals surface area (Å²) in [6.07, 6.45) is 0. The molecule has 6 heteroatoms. The van der Waals surface area contributed by atoms with Crippen LogP contribution in [0.25, 0.3) is 11.1 Å². The molecule has 0 saturated carbocycles. The zero-order valence-electron chi connectivity index (χ0n) is 9.45. The quantitative estimate of drug-likeness (QED) is 0.484. The van der Waals surface area contributed by atoms with Crippen molar-refractivity contribution < 1.29 is 14.5 Å². The molecule has 0 spiro atoms. The first-order valence-electron chi connectivity index (χ1n) is 5.03. The number of thiophene rings is 1. The van der Waals surface area contributed by atoms with Crippen LogP contribution in [0.15, 0.2) is 35.0 Å². The number of esters is 1. The lowest BCUT2D eigenvalue weighted by Crippen LogP contribution is -2.01. The standard InChI is InChI=1S/C12H9NO4S/c1-17-12(14)10-7-18-6-9(10)8-4-2-3-5-11(8)13(15)16/h2-7H,1H3. The third kappa shape index (κ3) is 2.10. The number of hydrogen-bond acceptors (Lipinski definition) is 5. The second-order valence-electron chi connectivity index (χ2n) is 3.46. The number of ether oxygens (including phenoxy) is 1. The molecule has 0 N–H and O–H groups in total. The monoisotopic (exact) mass is 263 g/mol. The third-order valence-corrected chi connectivity index (χ3v) is 3.20. The van der Waals surface area contributed by atoms with Crippen molar-refractivity contribution in [3.63, 3.8) is 0 Å². The van der Waals surface area contributed by atoms with Crippen molar-refractivity contribution in [2.45, 2.75) is 0 Å². The number of carbonyl (C=O) groups excluding carboxylic acids is 1. The van der Waals surface area contributed by atoms with E-state index in [1.807, 2.05) is 0 Å². The van der Waals surface area contributed by atoms with E-state index < -0.39 is 10.9 Å². The molecule has 0 atom stereocenters. The second kappa shape index (κ2) is 4.97. The van der Waals surface area contributed by atoms with Crippen molar-refractivity contribution in [1.29, 1.82) is 0 Å². The predicted octanol–water partition coefficient (Wildman–Crippen LogP) is 3.11. The highest BCUT2D eigenvalue weighted by Gasteiger charge is 2.21. The van der Waals surface area contributed by atoms with E-state index in [1.165, 1.54) is 24.5 Å². The van der Waals surface area contributed by atoms with Crippen molar-refractivity contribution in [2.75, 3.05) is 7.11 Å². The molecule has 92 valence electrons. The van der Waals surface area contributed by atoms with Gasteiger partial charge in [0, 0.05) is 17.0 Å². The van der Waals surface area contributed by atoms with Gasteiger partial charge in [0.05, 0.1) is 23.2 Å². The van der Waals surface area contributed by atoms with Crippen LogP contribution in [0.5, 0.6) is 0 Å². The van der Waals surface area contributed by atoms with Gasteiger partial charge >= 0.3 is 5.97 Å². The Morgan fingerprint density at radius 3 is 2.67 bits per heavy atom. The van der Waals surface area contributed by atoms with Gasteiger partial charge in [0.15, 0.2) is 0 Å². The number of para-hydroxylation sites is 1. The summed E-state index contributed by atoms with van der Waals surface area (Å²) in [7, 11) is 1.28. The molecule has 0 radical (unpaired) electrons. The van der Waals surface area contributed by atoms with Gasteiger partial charge in [-0.25, -0.2) is 4.79 Å². The summed E-state index contributed by atoms with van der Waals surface area (Å²) in [5.74, 6) is -0.496. The van der Waals surface area contributed by atoms with Gasteiger partial charge in [-0.1, -0.05) is 12.1 Å². The van der Waals surface area contributed by atoms with Gasteiger partial charge in [0.25, 0.3) is 5.69 Å². The maximum absolute atomic E-state index is 11.6. The van der Waals surface area contributed by atoms with E-state index in [9.17, 15) is 14.9 Å². The van der Waals surface area contributed by atoms with Crippen molar-refractivity contribution in [1.82, 2.24) is 0 Å². The Morgan fingerprint density at radius 1 is 1.28 bits per heavy atom. The van der Waals surface area contributed by atoms with Gasteiger partial charge in [-0.3, -0.25) is 10.1 Å². The van der Waals surface area contributed by atoms with Gasteiger partial charge in [-0.15, -0.1) is 0 Å². The Balaban J connectivity index is 2.60. The molecule has 0 aliphatic carbocycles. The Hall–Kier alpha value is -2.21. The van der Waals surface area contributed by atoms with Crippen LogP contribution in [-0.2, 0) is 4.74 Å². The van der Waals surface area contributed by atoms with E-state index in [-0.39, 0.29) is 5.69 Å². The molecular weight excluding hydrogens is 254 g/mol. The highest BCUT2D eigenvalue weighted by Crippen LogP contribution is 2.34. The molecule has 0 amide bonds. The summed E-state index contributed by atoms with van der Waals surface area (Å²) in [4.78, 5) is 22.1. The lowest BCUT2D eigenvalue weighted by atomic mass is 10.0. The largest absolute Gasteiger partial charge is 0.465 e. The summed E-state index contributed by atoms with van der Waals surface area (Å²) >= 11 is 1.30. The molecule has 2 rings (SSSR count). The number of methoxy groups -OCH3 is 1. The molecule has 0 aliphatic rings. The van der Waals surface area contributed by atoms with E-state index in [2.05, 4.69) is 4.74 Å². The van der Waals surface area contributed by atoms with E-state index in [4.69, 9.17) is 0 Å². The highest BCUT2D eigenvalue weighted by molar-refractivity contribution is 7.08. The van der Waals surface area contributed by atoms with Crippen molar-refractivity contribution in [2.24, 2.45) is 0 Å². The molecule has 1 aromatic carbocycles. The topological polar surface area (TPSA) is 69.4 Å². The van der Waals surface area contributed by atoms with Crippen LogP contribution in [0.4, 0.5) is 5.69 Å². The SMILES string of the molecule is COC(=O)c1cscc1-c1ccccc1[N+](=O)[O-]. The third-order valence-electron chi connectivity index (χ3n) is 2.46. The molecule has 1 aromatic heterocycles. The first-order valence-corrected chi connectivity index (χ1v) is 5.97. The molecule has 5 nitrogen and oxygen atoms in total. The fourth-order valence-corrected chi connectivity index (χ4v) is 2.45. The van der Waals surface area contributed by atoms with Gasteiger partial charge < -0.3 is 4.74 Å². The van der Waals surface area contributed by atoms with Crippen LogP contribution < -0.4 is 0 Å². The lowest BCUT2D eigenvalue weighted by Gasteiger charge is -2.03. The van der Waals surface area contributed by atoms with Gasteiger partial charge in [0.2, 0.25) is 0 Å². The Kier molecular flexibility index (Phi) is 3.38. The average Bonchev–Trinajstić information content (AvgIpc) is 2.86. The molecule has 0 unspecified atom stereocenters. The molecule has 18 heavy (non-hydrogen) atoms. The minimum absolute atomic E-state index is 0.0268. The molecule has 1 heterocycles. The first-order chi connectivity index (χ1) is 8.65. The number of nitro groups is 1. The summed E-state index contributed by atoms with van der Waals surface area (Å²) in [6.45, 7) is 0. The fraction of sp³-hybridized carbons (Fsp3) is 0.0833. The normalized spacial score (nSPS) is 10.1. The molecule has 0 aliphatic heterocycles. The van der Waals surface area contributed by atoms with E-state index in [1.54, 1.807) is 29.0 Å². The Morgan fingerprint density at radius 2 is 2.00 bits per heavy atom. The molecule has 0 saturated heterocycles. The lowest BCUT2D eigenvalue weighted by molar-refractivity contribution is -0.384. The number of rotatable bonds is 3. The summed E-state index contributed by atoms with van der Waals surface area (Å²) in [5, 5.41) is 14.3. The second-order valence-corrected chi connectivity index (χ2v) is 4.21. The number of benzene rings is 1. The smallest absolute Gasteiger partial charge is 0.339 e. The maximum atomic E-state index is 11.6. The Labute approximate surface area is 107 Å². The van der Waals surface area contributed by atoms with E-state index >= 15 is 0 Å². The summed E-state index contributed by atoms with van der Waals surface area (Å²) in [5.41, 5.74) is 1.26. The van der Waals surface area contributed by atoms with Crippen molar-refractivity contribution >= 4 is 23.0 Å². The number of carbonyl (C=O) groups is 1. The van der Waals surface area contributed by atoms with E-state index in [0.29, 0.717) is 16.7 Å². The minimum atomic E-state index is -0.496. The first kappa shape index (κ1) is 12.3. The van der Waals surface area contributed by atoms with Gasteiger partial charge in [-0.2, -0.15) is 11.3 Å². The molecule has 0 bridgehead atoms. The van der Waals surface area contributed by atoms with Crippen LogP contribution >= 0.6 is 11.3 Å².